The zero-order chi connectivity index (χ0) is 22.7. The molecule has 0 unspecified atom stereocenters. The molecule has 4 rings (SSSR count). The number of rotatable bonds is 7. The molecule has 2 aromatic rings. The zero-order valence-electron chi connectivity index (χ0n) is 19.9. The van der Waals surface area contributed by atoms with Gasteiger partial charge in [-0.25, -0.2) is 4.39 Å². The minimum Gasteiger partial charge on any atom is -0.522 e. The Hall–Kier alpha value is -2.55. The fraction of sp³-hybridized carbons (Fsp3) is 0.214. The van der Waals surface area contributed by atoms with Gasteiger partial charge in [-0.2, -0.15) is 0 Å². The number of carbonyl (C=O) groups is 1. The van der Waals surface area contributed by atoms with Crippen LogP contribution in [0.5, 0.6) is 11.5 Å². The molecule has 1 amide bonds. The van der Waals surface area contributed by atoms with E-state index in [1.807, 2.05) is 37.3 Å². The molecular weight excluding hydrogens is 655 g/mol. The summed E-state index contributed by atoms with van der Waals surface area (Å²) in [5.74, 6) is 0.715. The van der Waals surface area contributed by atoms with Gasteiger partial charge in [0.25, 0.3) is 0 Å². The first kappa shape index (κ1) is 27.7. The molecule has 0 fully saturated rings. The molecule has 0 aromatic heterocycles. The van der Waals surface area contributed by atoms with Crippen molar-refractivity contribution in [3.8, 4) is 11.5 Å². The van der Waals surface area contributed by atoms with Crippen LogP contribution in [0.15, 0.2) is 59.7 Å². The van der Waals surface area contributed by atoms with Gasteiger partial charge in [0, 0.05) is 18.0 Å². The fourth-order valence-corrected chi connectivity index (χ4v) is 4.05. The number of methoxy groups -OCH3 is 2. The molecule has 2 aliphatic rings. The van der Waals surface area contributed by atoms with Crippen molar-refractivity contribution in [3.05, 3.63) is 95.7 Å². The number of carbonyl (C=O) groups excluding carboxylic acids is 1. The van der Waals surface area contributed by atoms with E-state index in [0.717, 1.165) is 39.8 Å². The molecule has 0 heterocycles. The second kappa shape index (κ2) is 12.2. The maximum absolute atomic E-state index is 14.1. The van der Waals surface area contributed by atoms with Gasteiger partial charge < -0.3 is 22.2 Å². The predicted octanol–water partition coefficient (Wildman–Crippen LogP) is 5.81. The van der Waals surface area contributed by atoms with Crippen molar-refractivity contribution < 1.29 is 49.8 Å². The average molecular weight is 684 g/mol. The van der Waals surface area contributed by atoms with E-state index in [4.69, 9.17) is 9.47 Å². The van der Waals surface area contributed by atoms with Crippen molar-refractivity contribution in [2.24, 2.45) is 0 Å². The molecule has 6 heteroatoms. The first-order chi connectivity index (χ1) is 15.5. The molecule has 2 aromatic carbocycles. The van der Waals surface area contributed by atoms with E-state index in [0.29, 0.717) is 18.0 Å². The third-order valence-corrected chi connectivity index (χ3v) is 5.74. The summed E-state index contributed by atoms with van der Waals surface area (Å²) in [7, 11) is 3.16. The maximum Gasteiger partial charge on any atom is 2.00 e. The smallest absolute Gasteiger partial charge is 0.522 e. The van der Waals surface area contributed by atoms with Crippen LogP contribution < -0.4 is 14.8 Å². The maximum atomic E-state index is 14.1. The molecule has 0 saturated heterocycles. The molecule has 2 aliphatic carbocycles. The average Bonchev–Trinajstić information content (AvgIpc) is 3.40. The summed E-state index contributed by atoms with van der Waals surface area (Å²) in [6.45, 7) is 2.50. The van der Waals surface area contributed by atoms with Crippen LogP contribution in [0.3, 0.4) is 0 Å². The number of hydrogen-bond acceptors (Lipinski definition) is 3. The van der Waals surface area contributed by atoms with E-state index < -0.39 is 0 Å². The molecule has 0 bridgehead atoms. The van der Waals surface area contributed by atoms with Crippen molar-refractivity contribution in [1.29, 1.82) is 0 Å². The summed E-state index contributed by atoms with van der Waals surface area (Å²) in [6.07, 6.45) is 9.13. The van der Waals surface area contributed by atoms with E-state index in [2.05, 4.69) is 17.5 Å². The summed E-state index contributed by atoms with van der Waals surface area (Å²) in [5.41, 5.74) is 6.43. The molecule has 4 nitrogen and oxygen atoms in total. The van der Waals surface area contributed by atoms with Crippen LogP contribution in [0.25, 0.3) is 17.2 Å². The SMILES string of the molecule is COc1[c-]c(OC)cc(C=C2C(C)=C(CC(=O)NCC3=CC=CC3)c3cc(F)ccc32)c1.[CH3-].[U+2]. The topological polar surface area (TPSA) is 47.6 Å². The molecule has 174 valence electrons. The molecule has 1 N–H and O–H groups in total. The standard InChI is InChI=1S/C27H25FNO3.CH3.U/c1-17-24(12-19-10-21(31-2)14-22(11-19)32-3)23-9-8-20(28)13-26(23)25(17)15-27(30)29-16-18-6-4-5-7-18;;/h4-6,8-13H,7,15-16H2,1-3H3,(H,29,30);1H3;/q2*-1;+2. The summed E-state index contributed by atoms with van der Waals surface area (Å²) >= 11 is 0. The number of ether oxygens (including phenoxy) is 2. The van der Waals surface area contributed by atoms with Crippen molar-refractivity contribution in [2.75, 3.05) is 20.8 Å². The second-order valence-corrected chi connectivity index (χ2v) is 7.81. The van der Waals surface area contributed by atoms with E-state index in [1.165, 1.54) is 17.7 Å². The monoisotopic (exact) mass is 683 g/mol. The van der Waals surface area contributed by atoms with Gasteiger partial charge in [0.05, 0.1) is 20.6 Å². The van der Waals surface area contributed by atoms with Gasteiger partial charge >= 0.3 is 31.1 Å². The fourth-order valence-electron chi connectivity index (χ4n) is 4.05. The number of hydrogen-bond donors (Lipinski definition) is 1. The molecule has 0 aliphatic heterocycles. The number of benzene rings is 2. The Morgan fingerprint density at radius 2 is 1.85 bits per heavy atom. The summed E-state index contributed by atoms with van der Waals surface area (Å²) in [4.78, 5) is 12.7. The summed E-state index contributed by atoms with van der Waals surface area (Å²) in [6, 6.07) is 11.5. The molecule has 0 atom stereocenters. The molecule has 0 saturated carbocycles. The zero-order valence-corrected chi connectivity index (χ0v) is 24.1. The van der Waals surface area contributed by atoms with Gasteiger partial charge in [0.1, 0.15) is 5.82 Å². The number of nitrogens with one attached hydrogen (secondary N) is 1. The Morgan fingerprint density at radius 1 is 1.15 bits per heavy atom. The Labute approximate surface area is 225 Å². The first-order valence-corrected chi connectivity index (χ1v) is 10.5. The summed E-state index contributed by atoms with van der Waals surface area (Å²) in [5, 5.41) is 2.98. The van der Waals surface area contributed by atoms with E-state index >= 15 is 0 Å². The van der Waals surface area contributed by atoms with Crippen LogP contribution in [-0.4, -0.2) is 26.7 Å². The number of allylic oxidation sites excluding steroid dienone is 5. The van der Waals surface area contributed by atoms with Gasteiger partial charge in [0.2, 0.25) is 5.91 Å². The number of amides is 1. The third-order valence-electron chi connectivity index (χ3n) is 5.74. The van der Waals surface area contributed by atoms with Crippen LogP contribution >= 0.6 is 0 Å². The van der Waals surface area contributed by atoms with E-state index in [-0.39, 0.29) is 56.7 Å². The summed E-state index contributed by atoms with van der Waals surface area (Å²) < 4.78 is 24.8. The van der Waals surface area contributed by atoms with Crippen molar-refractivity contribution in [2.45, 2.75) is 19.8 Å². The van der Waals surface area contributed by atoms with Crippen LogP contribution in [0.4, 0.5) is 4.39 Å². The van der Waals surface area contributed by atoms with E-state index in [1.54, 1.807) is 20.3 Å². The number of fused-ring (bicyclic) bond motifs is 1. The van der Waals surface area contributed by atoms with Crippen molar-refractivity contribution in [1.82, 2.24) is 5.32 Å². The normalized spacial score (nSPS) is 14.8. The Balaban J connectivity index is 0.00000204. The van der Waals surface area contributed by atoms with Gasteiger partial charge in [-0.15, -0.1) is 17.7 Å². The predicted molar refractivity (Wildman–Crippen MR) is 131 cm³/mol. The third kappa shape index (κ3) is 6.11. The first-order valence-electron chi connectivity index (χ1n) is 10.5. The van der Waals surface area contributed by atoms with Gasteiger partial charge in [-0.1, -0.05) is 36.4 Å². The van der Waals surface area contributed by atoms with Crippen molar-refractivity contribution >= 4 is 23.1 Å². The second-order valence-electron chi connectivity index (χ2n) is 7.81. The minimum atomic E-state index is -0.324. The molecule has 0 spiro atoms. The largest absolute Gasteiger partial charge is 2.00 e. The minimum absolute atomic E-state index is 0. The Morgan fingerprint density at radius 3 is 2.47 bits per heavy atom. The number of halogens is 1. The van der Waals surface area contributed by atoms with Crippen molar-refractivity contribution in [3.63, 3.8) is 0 Å². The molecule has 34 heavy (non-hydrogen) atoms. The Bertz CT molecular complexity index is 1170. The van der Waals surface area contributed by atoms with Crippen LogP contribution in [0.2, 0.25) is 0 Å². The van der Waals surface area contributed by atoms with Gasteiger partial charge in [0.15, 0.2) is 0 Å². The van der Waals surface area contributed by atoms with Crippen LogP contribution in [-0.2, 0) is 4.79 Å². The molecule has 0 radical (unpaired) electrons. The molecular formula is C28H28FNO3U. The van der Waals surface area contributed by atoms with Gasteiger partial charge in [-0.05, 0) is 58.9 Å². The van der Waals surface area contributed by atoms with Crippen LogP contribution in [0, 0.1) is 50.4 Å². The van der Waals surface area contributed by atoms with Crippen LogP contribution in [0.1, 0.15) is 36.5 Å². The quantitative estimate of drug-likeness (QED) is 0.375. The van der Waals surface area contributed by atoms with Gasteiger partial charge in [-0.3, -0.25) is 4.79 Å². The Kier molecular flexibility index (Phi) is 9.97. The van der Waals surface area contributed by atoms with E-state index in [9.17, 15) is 9.18 Å².